The van der Waals surface area contributed by atoms with Gasteiger partial charge < -0.3 is 5.32 Å². The summed E-state index contributed by atoms with van der Waals surface area (Å²) in [5, 5.41) is 3.29. The third kappa shape index (κ3) is 2.08. The standard InChI is InChI=1S/C10H11NO.ClH/c12-7-8-1-2-10-6-11-4-3-9(10)5-8;/h1-2,5,7,11H,3-4,6H2;1H. The lowest BCUT2D eigenvalue weighted by Crippen LogP contribution is -2.23. The van der Waals surface area contributed by atoms with Crippen molar-refractivity contribution in [1.82, 2.24) is 5.32 Å². The lowest BCUT2D eigenvalue weighted by atomic mass is 9.99. The zero-order chi connectivity index (χ0) is 8.39. The molecule has 1 N–H and O–H groups in total. The number of carbonyl (C=O) groups is 1. The van der Waals surface area contributed by atoms with Gasteiger partial charge in [-0.3, -0.25) is 4.79 Å². The van der Waals surface area contributed by atoms with Crippen molar-refractivity contribution in [2.24, 2.45) is 0 Å². The topological polar surface area (TPSA) is 29.1 Å². The molecule has 0 bridgehead atoms. The molecule has 2 rings (SSSR count). The van der Waals surface area contributed by atoms with Crippen LogP contribution in [0.4, 0.5) is 0 Å². The average molecular weight is 198 g/mol. The first kappa shape index (κ1) is 10.2. The van der Waals surface area contributed by atoms with E-state index in [-0.39, 0.29) is 12.4 Å². The third-order valence-corrected chi connectivity index (χ3v) is 2.25. The summed E-state index contributed by atoms with van der Waals surface area (Å²) in [5.74, 6) is 0. The Hall–Kier alpha value is -0.860. The van der Waals surface area contributed by atoms with Gasteiger partial charge in [-0.05, 0) is 30.2 Å². The van der Waals surface area contributed by atoms with Crippen LogP contribution in [0.3, 0.4) is 0 Å². The molecular weight excluding hydrogens is 186 g/mol. The fourth-order valence-corrected chi connectivity index (χ4v) is 1.57. The van der Waals surface area contributed by atoms with Crippen LogP contribution in [-0.4, -0.2) is 12.8 Å². The highest BCUT2D eigenvalue weighted by atomic mass is 35.5. The molecule has 13 heavy (non-hydrogen) atoms. The molecule has 1 aromatic rings. The summed E-state index contributed by atoms with van der Waals surface area (Å²) in [6.07, 6.45) is 1.94. The summed E-state index contributed by atoms with van der Waals surface area (Å²) < 4.78 is 0. The minimum atomic E-state index is 0. The SMILES string of the molecule is Cl.O=Cc1ccc2c(c1)CCNC2. The molecule has 3 heteroatoms. The lowest BCUT2D eigenvalue weighted by molar-refractivity contribution is 0.112. The van der Waals surface area contributed by atoms with Gasteiger partial charge >= 0.3 is 0 Å². The maximum atomic E-state index is 10.5. The number of nitrogens with one attached hydrogen (secondary N) is 1. The van der Waals surface area contributed by atoms with Gasteiger partial charge in [0.1, 0.15) is 6.29 Å². The second-order valence-electron chi connectivity index (χ2n) is 3.07. The highest BCUT2D eigenvalue weighted by Gasteiger charge is 2.07. The summed E-state index contributed by atoms with van der Waals surface area (Å²) in [6.45, 7) is 1.96. The second-order valence-corrected chi connectivity index (χ2v) is 3.07. The van der Waals surface area contributed by atoms with Crippen LogP contribution in [-0.2, 0) is 13.0 Å². The fraction of sp³-hybridized carbons (Fsp3) is 0.300. The van der Waals surface area contributed by atoms with Gasteiger partial charge in [0.15, 0.2) is 0 Å². The van der Waals surface area contributed by atoms with Gasteiger partial charge in [0.2, 0.25) is 0 Å². The molecule has 1 aliphatic heterocycles. The lowest BCUT2D eigenvalue weighted by Gasteiger charge is -2.16. The Bertz CT molecular complexity index is 312. The highest BCUT2D eigenvalue weighted by Crippen LogP contribution is 2.14. The molecule has 0 aliphatic carbocycles. The molecule has 2 nitrogen and oxygen atoms in total. The van der Waals surface area contributed by atoms with Gasteiger partial charge in [-0.15, -0.1) is 12.4 Å². The number of hydrogen-bond acceptors (Lipinski definition) is 2. The molecule has 0 saturated carbocycles. The van der Waals surface area contributed by atoms with Crippen LogP contribution in [0.1, 0.15) is 21.5 Å². The quantitative estimate of drug-likeness (QED) is 0.693. The molecule has 0 saturated heterocycles. The van der Waals surface area contributed by atoms with Crippen molar-refractivity contribution in [2.75, 3.05) is 6.54 Å². The predicted molar refractivity (Wildman–Crippen MR) is 54.5 cm³/mol. The van der Waals surface area contributed by atoms with Gasteiger partial charge in [-0.2, -0.15) is 0 Å². The minimum Gasteiger partial charge on any atom is -0.312 e. The maximum Gasteiger partial charge on any atom is 0.150 e. The molecule has 0 atom stereocenters. The Balaban J connectivity index is 0.000000845. The van der Waals surface area contributed by atoms with Gasteiger partial charge in [0.25, 0.3) is 0 Å². The predicted octanol–water partition coefficient (Wildman–Crippen LogP) is 1.57. The number of fused-ring (bicyclic) bond motifs is 1. The van der Waals surface area contributed by atoms with Crippen LogP contribution in [0.2, 0.25) is 0 Å². The monoisotopic (exact) mass is 197 g/mol. The molecule has 0 spiro atoms. The van der Waals surface area contributed by atoms with E-state index in [2.05, 4.69) is 5.32 Å². The third-order valence-electron chi connectivity index (χ3n) is 2.25. The van der Waals surface area contributed by atoms with E-state index in [1.165, 1.54) is 11.1 Å². The molecule has 1 aromatic carbocycles. The zero-order valence-corrected chi connectivity index (χ0v) is 8.06. The Kier molecular flexibility index (Phi) is 3.46. The van der Waals surface area contributed by atoms with Crippen LogP contribution < -0.4 is 5.32 Å². The maximum absolute atomic E-state index is 10.5. The van der Waals surface area contributed by atoms with Crippen LogP contribution in [0.25, 0.3) is 0 Å². The van der Waals surface area contributed by atoms with Crippen LogP contribution in [0, 0.1) is 0 Å². The summed E-state index contributed by atoms with van der Waals surface area (Å²) in [4.78, 5) is 10.5. The Morgan fingerprint density at radius 1 is 1.31 bits per heavy atom. The molecule has 70 valence electrons. The van der Waals surface area contributed by atoms with Gasteiger partial charge in [0, 0.05) is 12.1 Å². The average Bonchev–Trinajstić information content (AvgIpc) is 2.17. The molecule has 1 heterocycles. The molecule has 0 amide bonds. The number of aldehydes is 1. The van der Waals surface area contributed by atoms with Crippen LogP contribution in [0.5, 0.6) is 0 Å². The van der Waals surface area contributed by atoms with E-state index in [0.717, 1.165) is 31.4 Å². The molecule has 0 fully saturated rings. The second kappa shape index (κ2) is 4.40. The van der Waals surface area contributed by atoms with Crippen LogP contribution >= 0.6 is 12.4 Å². The van der Waals surface area contributed by atoms with Gasteiger partial charge in [-0.25, -0.2) is 0 Å². The Morgan fingerprint density at radius 2 is 2.15 bits per heavy atom. The molecule has 0 unspecified atom stereocenters. The summed E-state index contributed by atoms with van der Waals surface area (Å²) in [5.41, 5.74) is 3.43. The fourth-order valence-electron chi connectivity index (χ4n) is 1.57. The van der Waals surface area contributed by atoms with Crippen molar-refractivity contribution in [3.63, 3.8) is 0 Å². The first-order valence-corrected chi connectivity index (χ1v) is 4.18. The summed E-state index contributed by atoms with van der Waals surface area (Å²) in [7, 11) is 0. The van der Waals surface area contributed by atoms with Crippen molar-refractivity contribution in [2.45, 2.75) is 13.0 Å². The van der Waals surface area contributed by atoms with Gasteiger partial charge in [0.05, 0.1) is 0 Å². The number of carbonyl (C=O) groups excluding carboxylic acids is 1. The summed E-state index contributed by atoms with van der Waals surface area (Å²) in [6, 6.07) is 5.90. The van der Waals surface area contributed by atoms with Gasteiger partial charge in [-0.1, -0.05) is 12.1 Å². The van der Waals surface area contributed by atoms with Crippen molar-refractivity contribution in [1.29, 1.82) is 0 Å². The van der Waals surface area contributed by atoms with E-state index in [0.29, 0.717) is 0 Å². The van der Waals surface area contributed by atoms with E-state index >= 15 is 0 Å². The Morgan fingerprint density at radius 3 is 2.92 bits per heavy atom. The van der Waals surface area contributed by atoms with Crippen molar-refractivity contribution in [3.05, 3.63) is 34.9 Å². The first-order valence-electron chi connectivity index (χ1n) is 4.18. The normalized spacial score (nSPS) is 14.2. The van der Waals surface area contributed by atoms with E-state index < -0.39 is 0 Å². The zero-order valence-electron chi connectivity index (χ0n) is 7.25. The molecular formula is C10H12ClNO. The molecule has 1 aliphatic rings. The smallest absolute Gasteiger partial charge is 0.150 e. The van der Waals surface area contributed by atoms with Crippen molar-refractivity contribution < 1.29 is 4.79 Å². The van der Waals surface area contributed by atoms with E-state index in [4.69, 9.17) is 0 Å². The van der Waals surface area contributed by atoms with E-state index in [1.807, 2.05) is 18.2 Å². The van der Waals surface area contributed by atoms with E-state index in [1.54, 1.807) is 0 Å². The number of hydrogen-bond donors (Lipinski definition) is 1. The number of rotatable bonds is 1. The Labute approximate surface area is 83.7 Å². The highest BCUT2D eigenvalue weighted by molar-refractivity contribution is 5.85. The molecule has 0 aromatic heterocycles. The first-order chi connectivity index (χ1) is 5.90. The number of benzene rings is 1. The summed E-state index contributed by atoms with van der Waals surface area (Å²) >= 11 is 0. The largest absolute Gasteiger partial charge is 0.312 e. The van der Waals surface area contributed by atoms with Crippen LogP contribution in [0.15, 0.2) is 18.2 Å². The van der Waals surface area contributed by atoms with E-state index in [9.17, 15) is 4.79 Å². The number of halogens is 1. The molecule has 0 radical (unpaired) electrons. The van der Waals surface area contributed by atoms with Crippen molar-refractivity contribution in [3.8, 4) is 0 Å². The minimum absolute atomic E-state index is 0. The van der Waals surface area contributed by atoms with Crippen molar-refractivity contribution >= 4 is 18.7 Å².